The molecule has 0 fully saturated rings. The zero-order valence-electron chi connectivity index (χ0n) is 11.3. The highest BCUT2D eigenvalue weighted by Gasteiger charge is 2.04. The summed E-state index contributed by atoms with van der Waals surface area (Å²) in [6.07, 6.45) is 3.19. The minimum atomic E-state index is 0.491. The molecular weight excluding hydrogens is 222 g/mol. The highest BCUT2D eigenvalue weighted by Crippen LogP contribution is 2.17. The molecule has 18 heavy (non-hydrogen) atoms. The fourth-order valence-corrected chi connectivity index (χ4v) is 2.16. The van der Waals surface area contributed by atoms with E-state index in [2.05, 4.69) is 53.7 Å². The molecule has 3 nitrogen and oxygen atoms in total. The highest BCUT2D eigenvalue weighted by atomic mass is 15.0. The quantitative estimate of drug-likeness (QED) is 0.656. The molecule has 0 saturated heterocycles. The Labute approximate surface area is 109 Å². The van der Waals surface area contributed by atoms with E-state index in [0.29, 0.717) is 6.04 Å². The molecule has 2 aromatic rings. The predicted octanol–water partition coefficient (Wildman–Crippen LogP) is 2.65. The number of aromatic amines is 1. The fraction of sp³-hybridized carbons (Fsp3) is 0.467. The molecule has 1 unspecified atom stereocenters. The number of nitrogens with one attached hydrogen (secondary N) is 3. The summed E-state index contributed by atoms with van der Waals surface area (Å²) >= 11 is 0. The van der Waals surface area contributed by atoms with Gasteiger partial charge in [-0.2, -0.15) is 0 Å². The van der Waals surface area contributed by atoms with Gasteiger partial charge in [0.2, 0.25) is 0 Å². The summed E-state index contributed by atoms with van der Waals surface area (Å²) in [7, 11) is 0. The summed E-state index contributed by atoms with van der Waals surface area (Å²) in [6.45, 7) is 7.46. The van der Waals surface area contributed by atoms with Crippen molar-refractivity contribution >= 4 is 10.9 Å². The van der Waals surface area contributed by atoms with Crippen molar-refractivity contribution in [2.45, 2.75) is 32.9 Å². The fourth-order valence-electron chi connectivity index (χ4n) is 2.16. The van der Waals surface area contributed by atoms with Crippen LogP contribution in [0.1, 0.15) is 25.8 Å². The van der Waals surface area contributed by atoms with Crippen molar-refractivity contribution in [3.8, 4) is 0 Å². The molecule has 0 amide bonds. The van der Waals surface area contributed by atoms with Crippen LogP contribution in [-0.4, -0.2) is 24.1 Å². The maximum atomic E-state index is 3.56. The molecule has 1 atom stereocenters. The molecule has 0 radical (unpaired) electrons. The molecule has 0 saturated carbocycles. The van der Waals surface area contributed by atoms with Crippen LogP contribution in [0.4, 0.5) is 0 Å². The van der Waals surface area contributed by atoms with Crippen LogP contribution in [0.2, 0.25) is 0 Å². The van der Waals surface area contributed by atoms with Crippen LogP contribution >= 0.6 is 0 Å². The molecule has 0 aliphatic heterocycles. The topological polar surface area (TPSA) is 39.8 Å². The first-order chi connectivity index (χ1) is 8.81. The van der Waals surface area contributed by atoms with Crippen molar-refractivity contribution in [3.05, 3.63) is 36.0 Å². The van der Waals surface area contributed by atoms with E-state index in [1.807, 2.05) is 6.20 Å². The van der Waals surface area contributed by atoms with Crippen LogP contribution < -0.4 is 10.6 Å². The van der Waals surface area contributed by atoms with Gasteiger partial charge in [-0.05, 0) is 37.6 Å². The van der Waals surface area contributed by atoms with E-state index in [-0.39, 0.29) is 0 Å². The average molecular weight is 245 g/mol. The molecule has 1 aromatic carbocycles. The second-order valence-corrected chi connectivity index (χ2v) is 4.84. The van der Waals surface area contributed by atoms with Crippen molar-refractivity contribution in [3.63, 3.8) is 0 Å². The molecule has 1 heterocycles. The summed E-state index contributed by atoms with van der Waals surface area (Å²) < 4.78 is 0. The van der Waals surface area contributed by atoms with Crippen molar-refractivity contribution in [1.29, 1.82) is 0 Å². The second-order valence-electron chi connectivity index (χ2n) is 4.84. The Morgan fingerprint density at radius 1 is 1.28 bits per heavy atom. The number of benzene rings is 1. The van der Waals surface area contributed by atoms with Crippen LogP contribution in [0, 0.1) is 0 Å². The molecule has 0 bridgehead atoms. The van der Waals surface area contributed by atoms with Crippen LogP contribution in [0.5, 0.6) is 0 Å². The second kappa shape index (κ2) is 6.57. The Morgan fingerprint density at radius 3 is 3.00 bits per heavy atom. The van der Waals surface area contributed by atoms with Gasteiger partial charge in [0.15, 0.2) is 0 Å². The van der Waals surface area contributed by atoms with Crippen molar-refractivity contribution in [2.75, 3.05) is 13.1 Å². The van der Waals surface area contributed by atoms with Crippen LogP contribution in [0.25, 0.3) is 10.9 Å². The zero-order valence-corrected chi connectivity index (χ0v) is 11.3. The van der Waals surface area contributed by atoms with E-state index in [0.717, 1.165) is 19.6 Å². The number of fused-ring (bicyclic) bond motifs is 1. The largest absolute Gasteiger partial charge is 0.361 e. The minimum Gasteiger partial charge on any atom is -0.361 e. The van der Waals surface area contributed by atoms with Crippen molar-refractivity contribution in [1.82, 2.24) is 15.6 Å². The lowest BCUT2D eigenvalue weighted by Gasteiger charge is -2.15. The number of hydrogen-bond donors (Lipinski definition) is 3. The first-order valence-corrected chi connectivity index (χ1v) is 6.80. The van der Waals surface area contributed by atoms with Gasteiger partial charge in [-0.15, -0.1) is 0 Å². The maximum Gasteiger partial charge on any atom is 0.0457 e. The van der Waals surface area contributed by atoms with Crippen LogP contribution in [0.15, 0.2) is 30.5 Å². The number of H-pyrrole nitrogens is 1. The predicted molar refractivity (Wildman–Crippen MR) is 77.8 cm³/mol. The summed E-state index contributed by atoms with van der Waals surface area (Å²) in [6, 6.07) is 9.05. The van der Waals surface area contributed by atoms with Gasteiger partial charge in [0.1, 0.15) is 0 Å². The van der Waals surface area contributed by atoms with Crippen molar-refractivity contribution < 1.29 is 0 Å². The third-order valence-electron chi connectivity index (χ3n) is 3.20. The van der Waals surface area contributed by atoms with E-state index >= 15 is 0 Å². The molecule has 0 spiro atoms. The molecule has 2 rings (SSSR count). The lowest BCUT2D eigenvalue weighted by molar-refractivity contribution is 0.502. The first-order valence-electron chi connectivity index (χ1n) is 6.80. The number of aromatic nitrogens is 1. The Balaban J connectivity index is 1.88. The van der Waals surface area contributed by atoms with E-state index in [4.69, 9.17) is 0 Å². The molecule has 1 aromatic heterocycles. The number of rotatable bonds is 7. The van der Waals surface area contributed by atoms with Gasteiger partial charge >= 0.3 is 0 Å². The smallest absolute Gasteiger partial charge is 0.0457 e. The molecule has 98 valence electrons. The van der Waals surface area contributed by atoms with Crippen molar-refractivity contribution in [2.24, 2.45) is 0 Å². The van der Waals surface area contributed by atoms with Gasteiger partial charge in [-0.1, -0.05) is 19.1 Å². The molecule has 0 aliphatic carbocycles. The van der Waals surface area contributed by atoms with Gasteiger partial charge in [0.05, 0.1) is 0 Å². The number of hydrogen-bond acceptors (Lipinski definition) is 2. The van der Waals surface area contributed by atoms with Gasteiger partial charge in [-0.3, -0.25) is 0 Å². The minimum absolute atomic E-state index is 0.491. The monoisotopic (exact) mass is 245 g/mol. The lowest BCUT2D eigenvalue weighted by atomic mass is 10.1. The molecule has 3 heteroatoms. The zero-order chi connectivity index (χ0) is 12.8. The SMILES string of the molecule is CCCNCC(C)NCc1cccc2[nH]ccc12. The Kier molecular flexibility index (Phi) is 4.79. The normalized spacial score (nSPS) is 13.0. The Morgan fingerprint density at radius 2 is 2.17 bits per heavy atom. The molecule has 0 aliphatic rings. The van der Waals surface area contributed by atoms with Gasteiger partial charge in [0, 0.05) is 36.2 Å². The van der Waals surface area contributed by atoms with E-state index in [1.54, 1.807) is 0 Å². The van der Waals surface area contributed by atoms with Gasteiger partial charge in [0.25, 0.3) is 0 Å². The lowest BCUT2D eigenvalue weighted by Crippen LogP contribution is -2.36. The van der Waals surface area contributed by atoms with E-state index in [9.17, 15) is 0 Å². The van der Waals surface area contributed by atoms with Crippen LogP contribution in [0.3, 0.4) is 0 Å². The third-order valence-corrected chi connectivity index (χ3v) is 3.20. The maximum absolute atomic E-state index is 3.56. The Hall–Kier alpha value is -1.32. The van der Waals surface area contributed by atoms with E-state index in [1.165, 1.54) is 22.9 Å². The van der Waals surface area contributed by atoms with E-state index < -0.39 is 0 Å². The molecule has 3 N–H and O–H groups in total. The summed E-state index contributed by atoms with van der Waals surface area (Å²) in [4.78, 5) is 3.25. The molecular formula is C15H23N3. The Bertz CT molecular complexity index is 475. The van der Waals surface area contributed by atoms with Gasteiger partial charge in [-0.25, -0.2) is 0 Å². The van der Waals surface area contributed by atoms with Crippen LogP contribution in [-0.2, 0) is 6.54 Å². The summed E-state index contributed by atoms with van der Waals surface area (Å²) in [5.41, 5.74) is 2.57. The standard InChI is InChI=1S/C15H23N3/c1-3-8-16-10-12(2)18-11-13-5-4-6-15-14(13)7-9-17-15/h4-7,9,12,16-18H,3,8,10-11H2,1-2H3. The third kappa shape index (κ3) is 3.34. The summed E-state index contributed by atoms with van der Waals surface area (Å²) in [5, 5.41) is 8.32. The van der Waals surface area contributed by atoms with Gasteiger partial charge < -0.3 is 15.6 Å². The summed E-state index contributed by atoms with van der Waals surface area (Å²) in [5.74, 6) is 0. The highest BCUT2D eigenvalue weighted by molar-refractivity contribution is 5.82. The average Bonchev–Trinajstić information content (AvgIpc) is 2.85. The first kappa shape index (κ1) is 13.1.